The lowest BCUT2D eigenvalue weighted by Gasteiger charge is -1.99. The molecule has 0 aliphatic rings. The summed E-state index contributed by atoms with van der Waals surface area (Å²) >= 11 is 1.27. The van der Waals surface area contributed by atoms with Crippen LogP contribution in [-0.4, -0.2) is 34.0 Å². The quantitative estimate of drug-likeness (QED) is 0.680. The van der Waals surface area contributed by atoms with Crippen molar-refractivity contribution < 1.29 is 9.59 Å². The number of nitrogens with zero attached hydrogens (tertiary/aromatic N) is 2. The van der Waals surface area contributed by atoms with Gasteiger partial charge in [0, 0.05) is 17.8 Å². The highest BCUT2D eigenvalue weighted by molar-refractivity contribution is 7.14. The second-order valence-corrected chi connectivity index (χ2v) is 5.42. The Kier molecular flexibility index (Phi) is 3.84. The number of carbonyl (C=O) groups is 2. The third-order valence-corrected chi connectivity index (χ3v) is 3.88. The van der Waals surface area contributed by atoms with E-state index in [4.69, 9.17) is 0 Å². The molecule has 0 saturated heterocycles. The highest BCUT2D eigenvalue weighted by Gasteiger charge is 2.15. The van der Waals surface area contributed by atoms with Gasteiger partial charge in [-0.2, -0.15) is 5.10 Å². The van der Waals surface area contributed by atoms with Gasteiger partial charge in [-0.05, 0) is 6.07 Å². The number of rotatable bonds is 4. The summed E-state index contributed by atoms with van der Waals surface area (Å²) in [6.45, 7) is 0. The van der Waals surface area contributed by atoms with Crippen molar-refractivity contribution in [3.05, 3.63) is 41.0 Å². The monoisotopic (exact) mass is 315 g/mol. The predicted octanol–water partition coefficient (Wildman–Crippen LogP) is 1.56. The molecule has 0 atom stereocenters. The minimum absolute atomic E-state index is 0.124. The average molecular weight is 315 g/mol. The van der Waals surface area contributed by atoms with Crippen LogP contribution in [0.3, 0.4) is 0 Å². The summed E-state index contributed by atoms with van der Waals surface area (Å²) in [6.07, 6.45) is 0.189. The van der Waals surface area contributed by atoms with Crippen molar-refractivity contribution in [3.8, 4) is 0 Å². The van der Waals surface area contributed by atoms with Crippen LogP contribution in [0, 0.1) is 0 Å². The van der Waals surface area contributed by atoms with Gasteiger partial charge in [0.25, 0.3) is 5.91 Å². The van der Waals surface area contributed by atoms with Gasteiger partial charge in [-0.3, -0.25) is 20.0 Å². The maximum Gasteiger partial charge on any atom is 0.278 e. The normalized spacial score (nSPS) is 10.6. The molecule has 0 spiro atoms. The van der Waals surface area contributed by atoms with Crippen LogP contribution in [-0.2, 0) is 11.2 Å². The lowest BCUT2D eigenvalue weighted by atomic mass is 10.2. The van der Waals surface area contributed by atoms with E-state index in [2.05, 4.69) is 25.8 Å². The summed E-state index contributed by atoms with van der Waals surface area (Å²) in [4.78, 5) is 27.8. The third kappa shape index (κ3) is 2.82. The number of thiazole rings is 1. The van der Waals surface area contributed by atoms with Crippen molar-refractivity contribution in [2.45, 2.75) is 6.42 Å². The molecule has 22 heavy (non-hydrogen) atoms. The summed E-state index contributed by atoms with van der Waals surface area (Å²) in [6, 6.07) is 7.39. The van der Waals surface area contributed by atoms with E-state index >= 15 is 0 Å². The van der Waals surface area contributed by atoms with Gasteiger partial charge in [0.15, 0.2) is 10.8 Å². The molecular weight excluding hydrogens is 302 g/mol. The number of hydrogen-bond donors (Lipinski definition) is 3. The molecule has 8 heteroatoms. The van der Waals surface area contributed by atoms with Crippen LogP contribution >= 0.6 is 11.3 Å². The van der Waals surface area contributed by atoms with Crippen molar-refractivity contribution in [2.24, 2.45) is 0 Å². The fourth-order valence-electron chi connectivity index (χ4n) is 1.99. The molecule has 0 aliphatic carbocycles. The number of carbonyl (C=O) groups excluding carboxylic acids is 2. The number of amides is 2. The largest absolute Gasteiger partial charge is 0.359 e. The number of nitrogens with one attached hydrogen (secondary N) is 3. The molecule has 2 amide bonds. The molecule has 7 nitrogen and oxygen atoms in total. The molecule has 3 aromatic rings. The first-order chi connectivity index (χ1) is 10.7. The lowest BCUT2D eigenvalue weighted by molar-refractivity contribution is -0.120. The predicted molar refractivity (Wildman–Crippen MR) is 83.9 cm³/mol. The number of likely N-dealkylation sites (N-methyl/N-ethyl adjacent to an activating group) is 1. The first kappa shape index (κ1) is 14.2. The van der Waals surface area contributed by atoms with E-state index in [-0.39, 0.29) is 18.2 Å². The van der Waals surface area contributed by atoms with Crippen molar-refractivity contribution in [1.82, 2.24) is 20.5 Å². The molecule has 0 fully saturated rings. The second kappa shape index (κ2) is 5.94. The number of benzene rings is 1. The third-order valence-electron chi connectivity index (χ3n) is 3.08. The molecule has 0 aliphatic heterocycles. The van der Waals surface area contributed by atoms with Gasteiger partial charge in [-0.1, -0.05) is 18.2 Å². The van der Waals surface area contributed by atoms with Crippen molar-refractivity contribution in [2.75, 3.05) is 12.4 Å². The van der Waals surface area contributed by atoms with Crippen LogP contribution in [0.4, 0.5) is 5.13 Å². The zero-order valence-corrected chi connectivity index (χ0v) is 12.5. The summed E-state index contributed by atoms with van der Waals surface area (Å²) in [7, 11) is 1.57. The first-order valence-corrected chi connectivity index (χ1v) is 7.45. The van der Waals surface area contributed by atoms with E-state index in [9.17, 15) is 9.59 Å². The van der Waals surface area contributed by atoms with E-state index in [1.54, 1.807) is 12.4 Å². The highest BCUT2D eigenvalue weighted by atomic mass is 32.1. The first-order valence-electron chi connectivity index (χ1n) is 6.57. The number of hydrogen-bond acceptors (Lipinski definition) is 5. The fraction of sp³-hybridized carbons (Fsp3) is 0.143. The van der Waals surface area contributed by atoms with Crippen LogP contribution in [0.1, 0.15) is 16.2 Å². The standard InChI is InChI=1S/C14H13N5O2S/c1-15-11(20)6-8-7-22-14(16-8)17-13(21)12-9-4-2-3-5-10(9)18-19-12/h2-5,7H,6H2,1H3,(H,15,20)(H,18,19)(H,16,17,21). The molecule has 3 rings (SSSR count). The smallest absolute Gasteiger partial charge is 0.278 e. The van der Waals surface area contributed by atoms with E-state index in [1.165, 1.54) is 11.3 Å². The average Bonchev–Trinajstić information content (AvgIpc) is 3.13. The molecule has 3 N–H and O–H groups in total. The van der Waals surface area contributed by atoms with Gasteiger partial charge in [-0.25, -0.2) is 4.98 Å². The molecular formula is C14H13N5O2S. The van der Waals surface area contributed by atoms with Gasteiger partial charge in [0.1, 0.15) is 0 Å². The number of aromatic nitrogens is 3. The summed E-state index contributed by atoms with van der Waals surface area (Å²) in [5, 5.41) is 15.0. The van der Waals surface area contributed by atoms with E-state index in [1.807, 2.05) is 24.3 Å². The van der Waals surface area contributed by atoms with Crippen LogP contribution < -0.4 is 10.6 Å². The van der Waals surface area contributed by atoms with Gasteiger partial charge < -0.3 is 5.32 Å². The topological polar surface area (TPSA) is 99.8 Å². The van der Waals surface area contributed by atoms with Crippen LogP contribution in [0.5, 0.6) is 0 Å². The molecule has 0 unspecified atom stereocenters. The SMILES string of the molecule is CNC(=O)Cc1csc(NC(=O)c2n[nH]c3ccccc23)n1. The molecule has 0 bridgehead atoms. The number of H-pyrrole nitrogens is 1. The number of anilines is 1. The van der Waals surface area contributed by atoms with Gasteiger partial charge in [0.2, 0.25) is 5.91 Å². The second-order valence-electron chi connectivity index (χ2n) is 4.57. The summed E-state index contributed by atoms with van der Waals surface area (Å²) in [5.41, 5.74) is 1.73. The molecule has 0 radical (unpaired) electrons. The Morgan fingerprint density at radius 1 is 1.32 bits per heavy atom. The minimum Gasteiger partial charge on any atom is -0.359 e. The van der Waals surface area contributed by atoms with Crippen molar-refractivity contribution in [1.29, 1.82) is 0 Å². The number of para-hydroxylation sites is 1. The number of fused-ring (bicyclic) bond motifs is 1. The van der Waals surface area contributed by atoms with Crippen LogP contribution in [0.2, 0.25) is 0 Å². The van der Waals surface area contributed by atoms with Crippen LogP contribution in [0.15, 0.2) is 29.6 Å². The van der Waals surface area contributed by atoms with Gasteiger partial charge >= 0.3 is 0 Å². The summed E-state index contributed by atoms with van der Waals surface area (Å²) in [5.74, 6) is -0.459. The van der Waals surface area contributed by atoms with Gasteiger partial charge in [-0.15, -0.1) is 11.3 Å². The molecule has 2 heterocycles. The molecule has 2 aromatic heterocycles. The Morgan fingerprint density at radius 2 is 2.14 bits per heavy atom. The zero-order chi connectivity index (χ0) is 15.5. The Morgan fingerprint density at radius 3 is 2.95 bits per heavy atom. The Balaban J connectivity index is 1.76. The molecule has 0 saturated carbocycles. The van der Waals surface area contributed by atoms with E-state index < -0.39 is 0 Å². The maximum atomic E-state index is 12.3. The molecule has 1 aromatic carbocycles. The van der Waals surface area contributed by atoms with E-state index in [0.29, 0.717) is 16.5 Å². The molecule has 112 valence electrons. The zero-order valence-electron chi connectivity index (χ0n) is 11.7. The fourth-order valence-corrected chi connectivity index (χ4v) is 2.70. The minimum atomic E-state index is -0.335. The lowest BCUT2D eigenvalue weighted by Crippen LogP contribution is -2.20. The van der Waals surface area contributed by atoms with E-state index in [0.717, 1.165) is 10.9 Å². The van der Waals surface area contributed by atoms with Crippen molar-refractivity contribution >= 4 is 39.2 Å². The Bertz CT molecular complexity index is 839. The maximum absolute atomic E-state index is 12.3. The highest BCUT2D eigenvalue weighted by Crippen LogP contribution is 2.19. The summed E-state index contributed by atoms with van der Waals surface area (Å²) < 4.78 is 0. The number of aromatic amines is 1. The van der Waals surface area contributed by atoms with Gasteiger partial charge in [0.05, 0.1) is 17.6 Å². The Labute approximate surface area is 129 Å². The Hall–Kier alpha value is -2.74. The van der Waals surface area contributed by atoms with Crippen molar-refractivity contribution in [3.63, 3.8) is 0 Å². The van der Waals surface area contributed by atoms with Crippen LogP contribution in [0.25, 0.3) is 10.9 Å².